The molecular formula is C35H45FN4O6Si. The smallest absolute Gasteiger partial charge is 0.296 e. The number of halogens is 1. The standard InChI is InChI=1S/C35H45FN4O6Si/c1-34(2,3)47(6,7)46-22-26-15-16-28(41)40(26)27-19-25(36)14-13-24(27)20-37-31(42)29-30(44-21-23-11-9-8-10-12-23)32(43)39-17-18-45-35(4,5)33(39)38-29/h8-14,19,26H,15-18,20-22H2,1-7H3,(H,37,42). The van der Waals surface area contributed by atoms with Crippen molar-refractivity contribution < 1.29 is 27.9 Å². The van der Waals surface area contributed by atoms with Gasteiger partial charge in [0, 0.05) is 13.0 Å². The molecule has 1 aromatic heterocycles. The lowest BCUT2D eigenvalue weighted by Gasteiger charge is -2.38. The maximum atomic E-state index is 14.7. The van der Waals surface area contributed by atoms with E-state index >= 15 is 0 Å². The van der Waals surface area contributed by atoms with Gasteiger partial charge in [0.05, 0.1) is 31.5 Å². The van der Waals surface area contributed by atoms with Gasteiger partial charge in [-0.2, -0.15) is 0 Å². The fourth-order valence-electron chi connectivity index (χ4n) is 5.60. The van der Waals surface area contributed by atoms with Gasteiger partial charge in [0.15, 0.2) is 14.0 Å². The summed E-state index contributed by atoms with van der Waals surface area (Å²) in [5, 5.41) is 2.84. The third-order valence-electron chi connectivity index (χ3n) is 9.40. The number of fused-ring (bicyclic) bond motifs is 1. The van der Waals surface area contributed by atoms with Crippen molar-refractivity contribution >= 4 is 25.8 Å². The van der Waals surface area contributed by atoms with Crippen LogP contribution < -0.4 is 20.5 Å². The number of amides is 2. The summed E-state index contributed by atoms with van der Waals surface area (Å²) in [4.78, 5) is 47.0. The van der Waals surface area contributed by atoms with Crippen LogP contribution in [-0.2, 0) is 39.3 Å². The number of hydrogen-bond acceptors (Lipinski definition) is 7. The van der Waals surface area contributed by atoms with Crippen molar-refractivity contribution in [2.75, 3.05) is 18.1 Å². The van der Waals surface area contributed by atoms with E-state index in [0.29, 0.717) is 43.1 Å². The molecule has 2 aliphatic rings. The van der Waals surface area contributed by atoms with E-state index in [1.54, 1.807) is 24.8 Å². The number of rotatable bonds is 10. The van der Waals surface area contributed by atoms with Crippen LogP contribution in [0.2, 0.25) is 18.1 Å². The SMILES string of the molecule is CC1(C)OCCn2c1nc(C(=O)NCc1ccc(F)cc1N1C(=O)CCC1CO[Si](C)(C)C(C)(C)C)c(OCc1ccccc1)c2=O. The third kappa shape index (κ3) is 7.34. The van der Waals surface area contributed by atoms with Crippen molar-refractivity contribution in [1.29, 1.82) is 0 Å². The molecule has 1 saturated heterocycles. The lowest BCUT2D eigenvalue weighted by molar-refractivity contribution is -0.117. The van der Waals surface area contributed by atoms with Crippen LogP contribution in [-0.4, -0.2) is 48.9 Å². The topological polar surface area (TPSA) is 112 Å². The van der Waals surface area contributed by atoms with Gasteiger partial charge in [0.1, 0.15) is 23.8 Å². The van der Waals surface area contributed by atoms with Crippen LogP contribution in [0.15, 0.2) is 53.3 Å². The first kappa shape index (κ1) is 34.5. The minimum absolute atomic E-state index is 0.00702. The van der Waals surface area contributed by atoms with Crippen molar-refractivity contribution in [3.63, 3.8) is 0 Å². The summed E-state index contributed by atoms with van der Waals surface area (Å²) < 4.78 is 34.5. The molecule has 3 aromatic rings. The second kappa shape index (κ2) is 13.3. The average Bonchev–Trinajstić information content (AvgIpc) is 3.38. The molecule has 252 valence electrons. The number of nitrogens with zero attached hydrogens (tertiary/aromatic N) is 3. The van der Waals surface area contributed by atoms with E-state index in [4.69, 9.17) is 13.9 Å². The van der Waals surface area contributed by atoms with Crippen molar-refractivity contribution in [3.05, 3.63) is 87.3 Å². The Morgan fingerprint density at radius 3 is 2.57 bits per heavy atom. The van der Waals surface area contributed by atoms with Crippen LogP contribution in [0.3, 0.4) is 0 Å². The lowest BCUT2D eigenvalue weighted by Crippen LogP contribution is -2.45. The first-order chi connectivity index (χ1) is 22.1. The van der Waals surface area contributed by atoms with Crippen LogP contribution in [0.5, 0.6) is 5.75 Å². The molecule has 1 N–H and O–H groups in total. The van der Waals surface area contributed by atoms with Gasteiger partial charge in [-0.1, -0.05) is 57.2 Å². The Hall–Kier alpha value is -3.87. The minimum atomic E-state index is -2.10. The Bertz CT molecular complexity index is 1700. The van der Waals surface area contributed by atoms with E-state index in [2.05, 4.69) is 44.2 Å². The first-order valence-electron chi connectivity index (χ1n) is 16.1. The molecule has 1 unspecified atom stereocenters. The molecule has 1 fully saturated rings. The molecule has 10 nitrogen and oxygen atoms in total. The van der Waals surface area contributed by atoms with Crippen molar-refractivity contribution in [3.8, 4) is 5.75 Å². The summed E-state index contributed by atoms with van der Waals surface area (Å²) in [5.74, 6) is -1.11. The summed E-state index contributed by atoms with van der Waals surface area (Å²) in [6.07, 6.45) is 0.898. The largest absolute Gasteiger partial charge is 0.481 e. The van der Waals surface area contributed by atoms with Gasteiger partial charge in [-0.15, -0.1) is 0 Å². The monoisotopic (exact) mass is 664 g/mol. The van der Waals surface area contributed by atoms with E-state index in [1.807, 2.05) is 30.3 Å². The number of hydrogen-bond donors (Lipinski definition) is 1. The molecule has 0 spiro atoms. The van der Waals surface area contributed by atoms with E-state index in [-0.39, 0.29) is 48.1 Å². The van der Waals surface area contributed by atoms with Gasteiger partial charge in [-0.05, 0) is 61.7 Å². The Morgan fingerprint density at radius 1 is 1.15 bits per heavy atom. The highest BCUT2D eigenvalue weighted by Gasteiger charge is 2.41. The van der Waals surface area contributed by atoms with Crippen LogP contribution in [0, 0.1) is 5.82 Å². The summed E-state index contributed by atoms with van der Waals surface area (Å²) in [5.41, 5.74) is 0.191. The van der Waals surface area contributed by atoms with E-state index in [9.17, 15) is 18.8 Å². The number of benzene rings is 2. The third-order valence-corrected chi connectivity index (χ3v) is 13.9. The summed E-state index contributed by atoms with van der Waals surface area (Å²) >= 11 is 0. The van der Waals surface area contributed by atoms with Gasteiger partial charge < -0.3 is 24.1 Å². The molecule has 3 heterocycles. The van der Waals surface area contributed by atoms with Crippen molar-refractivity contribution in [1.82, 2.24) is 14.9 Å². The number of ether oxygens (including phenoxy) is 2. The van der Waals surface area contributed by atoms with Crippen LogP contribution in [0.4, 0.5) is 10.1 Å². The fraction of sp³-hybridized carbons (Fsp3) is 0.486. The Morgan fingerprint density at radius 2 is 1.87 bits per heavy atom. The molecule has 0 saturated carbocycles. The predicted octanol–water partition coefficient (Wildman–Crippen LogP) is 5.67. The summed E-state index contributed by atoms with van der Waals surface area (Å²) in [7, 11) is -2.10. The van der Waals surface area contributed by atoms with Crippen LogP contribution in [0.25, 0.3) is 0 Å². The van der Waals surface area contributed by atoms with Gasteiger partial charge in [0.25, 0.3) is 11.5 Å². The Kier molecular flexibility index (Phi) is 9.77. The average molecular weight is 665 g/mol. The number of anilines is 1. The zero-order chi connectivity index (χ0) is 34.1. The Labute approximate surface area is 276 Å². The lowest BCUT2D eigenvalue weighted by atomic mass is 10.1. The maximum Gasteiger partial charge on any atom is 0.296 e. The Balaban J connectivity index is 1.43. The van der Waals surface area contributed by atoms with Crippen LogP contribution in [0.1, 0.15) is 74.9 Å². The van der Waals surface area contributed by atoms with Crippen LogP contribution >= 0.6 is 0 Å². The number of nitrogens with one attached hydrogen (secondary N) is 1. The van der Waals surface area contributed by atoms with Gasteiger partial charge in [-0.25, -0.2) is 9.37 Å². The summed E-state index contributed by atoms with van der Waals surface area (Å²) in [6.45, 7) is 15.3. The normalized spacial score (nSPS) is 17.8. The second-order valence-corrected chi connectivity index (χ2v) is 19.0. The molecule has 0 aliphatic carbocycles. The molecule has 47 heavy (non-hydrogen) atoms. The van der Waals surface area contributed by atoms with Gasteiger partial charge in [-0.3, -0.25) is 19.0 Å². The molecule has 0 radical (unpaired) electrons. The fourth-order valence-corrected chi connectivity index (χ4v) is 6.64. The van der Waals surface area contributed by atoms with Crippen molar-refractivity contribution in [2.45, 2.75) is 96.9 Å². The van der Waals surface area contributed by atoms with Crippen molar-refractivity contribution in [2.24, 2.45) is 0 Å². The van der Waals surface area contributed by atoms with E-state index < -0.39 is 31.2 Å². The zero-order valence-corrected chi connectivity index (χ0v) is 29.3. The quantitative estimate of drug-likeness (QED) is 0.278. The molecule has 5 rings (SSSR count). The molecule has 2 amide bonds. The first-order valence-corrected chi connectivity index (χ1v) is 19.0. The molecule has 1 atom stereocenters. The molecule has 2 aromatic carbocycles. The number of carbonyl (C=O) groups excluding carboxylic acids is 2. The predicted molar refractivity (Wildman–Crippen MR) is 179 cm³/mol. The molecule has 12 heteroatoms. The highest BCUT2D eigenvalue weighted by molar-refractivity contribution is 6.74. The molecule has 0 bridgehead atoms. The van der Waals surface area contributed by atoms with E-state index in [0.717, 1.165) is 5.56 Å². The van der Waals surface area contributed by atoms with E-state index in [1.165, 1.54) is 16.7 Å². The second-order valence-electron chi connectivity index (χ2n) is 14.2. The molecular weight excluding hydrogens is 619 g/mol. The highest BCUT2D eigenvalue weighted by atomic mass is 28.4. The minimum Gasteiger partial charge on any atom is -0.481 e. The molecule has 2 aliphatic heterocycles. The maximum absolute atomic E-state index is 14.7. The van der Waals surface area contributed by atoms with Gasteiger partial charge >= 0.3 is 0 Å². The van der Waals surface area contributed by atoms with Gasteiger partial charge in [0.2, 0.25) is 11.7 Å². The number of aromatic nitrogens is 2. The number of carbonyl (C=O) groups is 2. The zero-order valence-electron chi connectivity index (χ0n) is 28.3. The highest BCUT2D eigenvalue weighted by Crippen LogP contribution is 2.38. The summed E-state index contributed by atoms with van der Waals surface area (Å²) in [6, 6.07) is 13.2.